The summed E-state index contributed by atoms with van der Waals surface area (Å²) in [6, 6.07) is 25.5. The smallest absolute Gasteiger partial charge is 0.158 e. The Kier molecular flexibility index (Phi) is 16.7. The molecule has 0 saturated carbocycles. The van der Waals surface area contributed by atoms with Gasteiger partial charge in [-0.2, -0.15) is 0 Å². The summed E-state index contributed by atoms with van der Waals surface area (Å²) >= 11 is 0. The van der Waals surface area contributed by atoms with Crippen LogP contribution in [0.4, 0.5) is 26.3 Å². The van der Waals surface area contributed by atoms with E-state index in [1.54, 1.807) is 36.4 Å². The van der Waals surface area contributed by atoms with Crippen molar-refractivity contribution in [2.75, 3.05) is 13.2 Å². The summed E-state index contributed by atoms with van der Waals surface area (Å²) in [5.74, 6) is -3.03. The van der Waals surface area contributed by atoms with E-state index < -0.39 is 23.3 Å². The van der Waals surface area contributed by atoms with Crippen LogP contribution in [0.15, 0.2) is 109 Å². The van der Waals surface area contributed by atoms with Gasteiger partial charge in [-0.15, -0.1) is 0 Å². The Bertz CT molecular complexity index is 970. The number of hydrogen-bond donors (Lipinski definition) is 0. The molecule has 1 fully saturated rings. The van der Waals surface area contributed by atoms with Crippen LogP contribution in [0.25, 0.3) is 0 Å². The summed E-state index contributed by atoms with van der Waals surface area (Å²) in [5.41, 5.74) is 0. The van der Waals surface area contributed by atoms with Crippen LogP contribution in [0, 0.1) is 34.9 Å². The van der Waals surface area contributed by atoms with E-state index >= 15 is 0 Å². The lowest BCUT2D eigenvalue weighted by atomic mass is 10.2. The van der Waals surface area contributed by atoms with E-state index in [9.17, 15) is 26.3 Å². The quantitative estimate of drug-likeness (QED) is 0.217. The van der Waals surface area contributed by atoms with E-state index in [2.05, 4.69) is 0 Å². The molecule has 0 aliphatic carbocycles. The van der Waals surface area contributed by atoms with Crippen LogP contribution in [-0.2, 0) is 4.74 Å². The fraction of sp³-hybridized carbons (Fsp3) is 0.172. The van der Waals surface area contributed by atoms with Crippen molar-refractivity contribution in [2.24, 2.45) is 0 Å². The summed E-state index contributed by atoms with van der Waals surface area (Å²) in [7, 11) is 0. The molecule has 5 rings (SSSR count). The van der Waals surface area contributed by atoms with E-state index in [-0.39, 0.29) is 11.6 Å². The SMILES string of the molecule is C1CCOCC1.Fc1cccc(F)c1.Fc1ccccc1.Fc1ccccc1.Fc1ccccc1F. The van der Waals surface area contributed by atoms with Gasteiger partial charge in [0.25, 0.3) is 0 Å². The number of benzene rings is 4. The number of rotatable bonds is 0. The Hall–Kier alpha value is -3.58. The van der Waals surface area contributed by atoms with Crippen molar-refractivity contribution in [3.63, 3.8) is 0 Å². The molecule has 4 aromatic carbocycles. The topological polar surface area (TPSA) is 9.23 Å². The van der Waals surface area contributed by atoms with Gasteiger partial charge in [-0.1, -0.05) is 54.6 Å². The third-order valence-corrected chi connectivity index (χ3v) is 4.15. The highest BCUT2D eigenvalue weighted by Crippen LogP contribution is 2.02. The van der Waals surface area contributed by atoms with Crippen LogP contribution in [-0.4, -0.2) is 13.2 Å². The van der Waals surface area contributed by atoms with E-state index in [1.165, 1.54) is 73.9 Å². The first-order chi connectivity index (χ1) is 17.4. The molecule has 4 aromatic rings. The maximum Gasteiger partial charge on any atom is 0.158 e. The molecule has 0 N–H and O–H groups in total. The summed E-state index contributed by atoms with van der Waals surface area (Å²) < 4.78 is 76.6. The van der Waals surface area contributed by atoms with Crippen LogP contribution in [0.5, 0.6) is 0 Å². The first-order valence-corrected chi connectivity index (χ1v) is 11.2. The molecule has 0 amide bonds. The van der Waals surface area contributed by atoms with Gasteiger partial charge in [-0.05, 0) is 67.8 Å². The average molecular weight is 507 g/mol. The van der Waals surface area contributed by atoms with Gasteiger partial charge < -0.3 is 4.74 Å². The maximum absolute atomic E-state index is 11.9. The van der Waals surface area contributed by atoms with Crippen molar-refractivity contribution in [3.05, 3.63) is 144 Å². The average Bonchev–Trinajstić information content (AvgIpc) is 2.89. The number of ether oxygens (including phenoxy) is 1. The Balaban J connectivity index is 0.000000226. The van der Waals surface area contributed by atoms with Gasteiger partial charge in [0.1, 0.15) is 23.3 Å². The van der Waals surface area contributed by atoms with Crippen LogP contribution < -0.4 is 0 Å². The number of halogens is 6. The molecule has 1 nitrogen and oxygen atoms in total. The van der Waals surface area contributed by atoms with Crippen molar-refractivity contribution in [1.82, 2.24) is 0 Å². The molecule has 0 spiro atoms. The van der Waals surface area contributed by atoms with Gasteiger partial charge in [0.05, 0.1) is 0 Å². The molecule has 0 unspecified atom stereocenters. The highest BCUT2D eigenvalue weighted by Gasteiger charge is 1.95. The zero-order valence-electron chi connectivity index (χ0n) is 19.6. The van der Waals surface area contributed by atoms with Gasteiger partial charge >= 0.3 is 0 Å². The van der Waals surface area contributed by atoms with E-state index in [0.29, 0.717) is 0 Å². The molecule has 0 aromatic heterocycles. The van der Waals surface area contributed by atoms with Gasteiger partial charge in [-0.25, -0.2) is 26.3 Å². The molecule has 1 saturated heterocycles. The van der Waals surface area contributed by atoms with Gasteiger partial charge in [0.15, 0.2) is 11.6 Å². The zero-order valence-corrected chi connectivity index (χ0v) is 19.6. The van der Waals surface area contributed by atoms with Gasteiger partial charge in [-0.3, -0.25) is 0 Å². The first kappa shape index (κ1) is 30.5. The third-order valence-electron chi connectivity index (χ3n) is 4.15. The largest absolute Gasteiger partial charge is 0.381 e. The van der Waals surface area contributed by atoms with Crippen molar-refractivity contribution in [1.29, 1.82) is 0 Å². The first-order valence-electron chi connectivity index (χ1n) is 11.2. The summed E-state index contributed by atoms with van der Waals surface area (Å²) in [5, 5.41) is 0. The Morgan fingerprint density at radius 1 is 0.389 bits per heavy atom. The van der Waals surface area contributed by atoms with Crippen LogP contribution in [0.3, 0.4) is 0 Å². The second-order valence-corrected chi connectivity index (χ2v) is 7.12. The fourth-order valence-electron chi connectivity index (χ4n) is 2.42. The molecule has 1 aliphatic heterocycles. The monoisotopic (exact) mass is 506 g/mol. The predicted molar refractivity (Wildman–Crippen MR) is 130 cm³/mol. The van der Waals surface area contributed by atoms with Crippen molar-refractivity contribution >= 4 is 0 Å². The lowest BCUT2D eigenvalue weighted by molar-refractivity contribution is 0.0968. The zero-order chi connectivity index (χ0) is 26.4. The van der Waals surface area contributed by atoms with Gasteiger partial charge in [0.2, 0.25) is 0 Å². The fourth-order valence-corrected chi connectivity index (χ4v) is 2.42. The molecule has 0 bridgehead atoms. The van der Waals surface area contributed by atoms with E-state index in [1.807, 2.05) is 0 Å². The van der Waals surface area contributed by atoms with Crippen molar-refractivity contribution in [3.8, 4) is 0 Å². The van der Waals surface area contributed by atoms with Crippen molar-refractivity contribution < 1.29 is 31.1 Å². The molecule has 36 heavy (non-hydrogen) atoms. The molecular weight excluding hydrogens is 478 g/mol. The summed E-state index contributed by atoms with van der Waals surface area (Å²) in [6.45, 7) is 2.00. The third kappa shape index (κ3) is 16.9. The number of hydrogen-bond acceptors (Lipinski definition) is 1. The predicted octanol–water partition coefficient (Wildman–Crippen LogP) is 8.77. The van der Waals surface area contributed by atoms with E-state index in [4.69, 9.17) is 4.74 Å². The highest BCUT2D eigenvalue weighted by atomic mass is 19.2. The minimum absolute atomic E-state index is 0.178. The van der Waals surface area contributed by atoms with Crippen LogP contribution >= 0.6 is 0 Å². The highest BCUT2D eigenvalue weighted by molar-refractivity contribution is 5.06. The molecule has 0 radical (unpaired) electrons. The minimum Gasteiger partial charge on any atom is -0.381 e. The molecule has 0 atom stereocenters. The maximum atomic E-state index is 11.9. The Morgan fingerprint density at radius 3 is 0.944 bits per heavy atom. The standard InChI is InChI=1S/2C6H4F2.2C6H5F.C5H10O/c7-5-2-1-3-6(8)4-5;7-5-3-1-2-4-6(5)8;2*7-6-4-2-1-3-5-6;1-2-4-6-5-3-1/h2*1-4H;2*1-5H;1-5H2. The van der Waals surface area contributed by atoms with Crippen LogP contribution in [0.2, 0.25) is 0 Å². The van der Waals surface area contributed by atoms with Crippen LogP contribution in [0.1, 0.15) is 19.3 Å². The Labute approximate surface area is 208 Å². The molecule has 1 aliphatic rings. The lowest BCUT2D eigenvalue weighted by Gasteiger charge is -2.08. The minimum atomic E-state index is -0.799. The normalized spacial score (nSPS) is 11.5. The second-order valence-electron chi connectivity index (χ2n) is 7.12. The van der Waals surface area contributed by atoms with E-state index in [0.717, 1.165) is 31.4 Å². The molecule has 7 heteroatoms. The summed E-state index contributed by atoms with van der Waals surface area (Å²) in [6.07, 6.45) is 3.93. The van der Waals surface area contributed by atoms with Gasteiger partial charge in [0, 0.05) is 19.3 Å². The molecule has 1 heterocycles. The molecular formula is C29H28F6O. The Morgan fingerprint density at radius 2 is 0.750 bits per heavy atom. The second kappa shape index (κ2) is 19.7. The summed E-state index contributed by atoms with van der Waals surface area (Å²) in [4.78, 5) is 0. The van der Waals surface area contributed by atoms with Crippen molar-refractivity contribution in [2.45, 2.75) is 19.3 Å². The lowest BCUT2D eigenvalue weighted by Crippen LogP contribution is -2.03. The molecule has 192 valence electrons.